The Bertz CT molecular complexity index is 909. The van der Waals surface area contributed by atoms with Gasteiger partial charge in [0, 0.05) is 30.4 Å². The number of nitrogens with zero attached hydrogens (tertiary/aromatic N) is 1. The molecule has 0 spiro atoms. The van der Waals surface area contributed by atoms with Gasteiger partial charge in [0.2, 0.25) is 5.91 Å². The first-order valence-corrected chi connectivity index (χ1v) is 9.47. The molecule has 1 N–H and O–H groups in total. The summed E-state index contributed by atoms with van der Waals surface area (Å²) < 4.78 is 32.7. The lowest BCUT2D eigenvalue weighted by Gasteiger charge is -2.19. The molecule has 132 valence electrons. The molecule has 0 atom stereocenters. The summed E-state index contributed by atoms with van der Waals surface area (Å²) in [5, 5.41) is 0. The Morgan fingerprint density at radius 1 is 1.16 bits per heavy atom. The molecule has 1 saturated heterocycles. The number of ether oxygens (including phenoxy) is 1. The normalized spacial score (nSPS) is 14.6. The van der Waals surface area contributed by atoms with E-state index in [0.717, 1.165) is 17.7 Å². The first-order chi connectivity index (χ1) is 11.9. The molecule has 0 aromatic heterocycles. The highest BCUT2D eigenvalue weighted by molar-refractivity contribution is 7.92. The summed E-state index contributed by atoms with van der Waals surface area (Å²) in [7, 11) is -2.23. The molecule has 25 heavy (non-hydrogen) atoms. The molecule has 7 heteroatoms. The van der Waals surface area contributed by atoms with E-state index in [1.807, 2.05) is 6.92 Å². The molecular weight excluding hydrogens is 340 g/mol. The van der Waals surface area contributed by atoms with E-state index in [9.17, 15) is 13.2 Å². The van der Waals surface area contributed by atoms with E-state index in [4.69, 9.17) is 4.74 Å². The quantitative estimate of drug-likeness (QED) is 0.889. The first-order valence-electron chi connectivity index (χ1n) is 7.98. The van der Waals surface area contributed by atoms with Crippen LogP contribution in [0.2, 0.25) is 0 Å². The smallest absolute Gasteiger partial charge is 0.262 e. The van der Waals surface area contributed by atoms with Crippen LogP contribution < -0.4 is 14.4 Å². The lowest BCUT2D eigenvalue weighted by atomic mass is 10.1. The van der Waals surface area contributed by atoms with E-state index in [2.05, 4.69) is 4.72 Å². The molecule has 1 aliphatic heterocycles. The number of benzene rings is 2. The van der Waals surface area contributed by atoms with Crippen molar-refractivity contribution >= 4 is 27.3 Å². The lowest BCUT2D eigenvalue weighted by molar-refractivity contribution is -0.117. The fraction of sp³-hybridized carbons (Fsp3) is 0.278. The van der Waals surface area contributed by atoms with Gasteiger partial charge in [-0.1, -0.05) is 6.07 Å². The van der Waals surface area contributed by atoms with Gasteiger partial charge in [-0.25, -0.2) is 8.42 Å². The number of sulfonamides is 1. The van der Waals surface area contributed by atoms with Crippen LogP contribution in [0.15, 0.2) is 47.4 Å². The Labute approximate surface area is 147 Å². The number of anilines is 2. The van der Waals surface area contributed by atoms with Gasteiger partial charge in [-0.15, -0.1) is 0 Å². The fourth-order valence-corrected chi connectivity index (χ4v) is 3.99. The van der Waals surface area contributed by atoms with Crippen LogP contribution in [0.5, 0.6) is 5.75 Å². The van der Waals surface area contributed by atoms with Crippen LogP contribution in [0.1, 0.15) is 18.4 Å². The third-order valence-electron chi connectivity index (χ3n) is 4.16. The minimum atomic E-state index is -3.72. The van der Waals surface area contributed by atoms with Crippen LogP contribution in [0.3, 0.4) is 0 Å². The Balaban J connectivity index is 1.85. The Morgan fingerprint density at radius 3 is 2.60 bits per heavy atom. The summed E-state index contributed by atoms with van der Waals surface area (Å²) in [6.07, 6.45) is 1.41. The average Bonchev–Trinajstić information content (AvgIpc) is 3.00. The summed E-state index contributed by atoms with van der Waals surface area (Å²) in [6, 6.07) is 11.5. The van der Waals surface area contributed by atoms with Gasteiger partial charge in [0.1, 0.15) is 5.75 Å². The van der Waals surface area contributed by atoms with Gasteiger partial charge in [0.15, 0.2) is 0 Å². The van der Waals surface area contributed by atoms with E-state index in [1.165, 1.54) is 19.2 Å². The number of carbonyl (C=O) groups excluding carboxylic acids is 1. The number of aryl methyl sites for hydroxylation is 1. The Morgan fingerprint density at radius 2 is 1.96 bits per heavy atom. The van der Waals surface area contributed by atoms with Crippen LogP contribution in [0, 0.1) is 6.92 Å². The summed E-state index contributed by atoms with van der Waals surface area (Å²) in [5.74, 6) is 0.578. The molecule has 1 fully saturated rings. The maximum atomic E-state index is 12.5. The summed E-state index contributed by atoms with van der Waals surface area (Å²) in [4.78, 5) is 13.8. The third-order valence-corrected chi connectivity index (χ3v) is 5.54. The van der Waals surface area contributed by atoms with E-state index in [-0.39, 0.29) is 10.8 Å². The van der Waals surface area contributed by atoms with Gasteiger partial charge < -0.3 is 9.64 Å². The van der Waals surface area contributed by atoms with E-state index < -0.39 is 10.0 Å². The van der Waals surface area contributed by atoms with Crippen molar-refractivity contribution in [2.24, 2.45) is 0 Å². The topological polar surface area (TPSA) is 75.7 Å². The highest BCUT2D eigenvalue weighted by Crippen LogP contribution is 2.28. The second kappa shape index (κ2) is 6.76. The number of methoxy groups -OCH3 is 1. The Kier molecular flexibility index (Phi) is 4.67. The molecule has 1 heterocycles. The molecule has 0 unspecified atom stereocenters. The molecule has 0 radical (unpaired) electrons. The number of hydrogen-bond acceptors (Lipinski definition) is 4. The van der Waals surface area contributed by atoms with Gasteiger partial charge in [-0.3, -0.25) is 9.52 Å². The molecule has 0 saturated carbocycles. The van der Waals surface area contributed by atoms with Crippen molar-refractivity contribution in [3.05, 3.63) is 48.0 Å². The monoisotopic (exact) mass is 360 g/mol. The third kappa shape index (κ3) is 3.61. The van der Waals surface area contributed by atoms with Crippen molar-refractivity contribution in [3.8, 4) is 5.75 Å². The molecule has 1 amide bonds. The molecular formula is C18H20N2O4S. The van der Waals surface area contributed by atoms with Crippen LogP contribution in [-0.4, -0.2) is 28.0 Å². The van der Waals surface area contributed by atoms with Crippen molar-refractivity contribution in [1.29, 1.82) is 0 Å². The van der Waals surface area contributed by atoms with Crippen LogP contribution >= 0.6 is 0 Å². The van der Waals surface area contributed by atoms with Crippen molar-refractivity contribution in [1.82, 2.24) is 0 Å². The number of amides is 1. The largest absolute Gasteiger partial charge is 0.497 e. The summed E-state index contributed by atoms with van der Waals surface area (Å²) in [5.41, 5.74) is 2.13. The average molecular weight is 360 g/mol. The van der Waals surface area contributed by atoms with Crippen molar-refractivity contribution < 1.29 is 17.9 Å². The molecule has 0 bridgehead atoms. The molecule has 1 aliphatic rings. The maximum Gasteiger partial charge on any atom is 0.262 e. The zero-order valence-electron chi connectivity index (χ0n) is 14.2. The van der Waals surface area contributed by atoms with Crippen molar-refractivity contribution in [2.45, 2.75) is 24.7 Å². The second-order valence-corrected chi connectivity index (χ2v) is 7.62. The lowest BCUT2D eigenvalue weighted by Crippen LogP contribution is -2.24. The van der Waals surface area contributed by atoms with Gasteiger partial charge in [0.25, 0.3) is 10.0 Å². The summed E-state index contributed by atoms with van der Waals surface area (Å²) in [6.45, 7) is 2.57. The second-order valence-electron chi connectivity index (χ2n) is 5.93. The zero-order valence-corrected chi connectivity index (χ0v) is 15.0. The number of hydrogen-bond donors (Lipinski definition) is 1. The number of rotatable bonds is 5. The van der Waals surface area contributed by atoms with Gasteiger partial charge in [0.05, 0.1) is 12.0 Å². The van der Waals surface area contributed by atoms with Gasteiger partial charge in [-0.05, 0) is 49.2 Å². The van der Waals surface area contributed by atoms with Gasteiger partial charge in [-0.2, -0.15) is 0 Å². The van der Waals surface area contributed by atoms with Gasteiger partial charge >= 0.3 is 0 Å². The molecule has 0 aliphatic carbocycles. The highest BCUT2D eigenvalue weighted by Gasteiger charge is 2.23. The van der Waals surface area contributed by atoms with Crippen molar-refractivity contribution in [2.75, 3.05) is 23.3 Å². The molecule has 3 rings (SSSR count). The highest BCUT2D eigenvalue weighted by atomic mass is 32.2. The zero-order chi connectivity index (χ0) is 18.0. The predicted molar refractivity (Wildman–Crippen MR) is 96.6 cm³/mol. The number of nitrogens with one attached hydrogen (secondary N) is 1. The van der Waals surface area contributed by atoms with Crippen LogP contribution in [0.25, 0.3) is 0 Å². The van der Waals surface area contributed by atoms with Crippen molar-refractivity contribution in [3.63, 3.8) is 0 Å². The van der Waals surface area contributed by atoms with Crippen LogP contribution in [-0.2, 0) is 14.8 Å². The van der Waals surface area contributed by atoms with E-state index in [0.29, 0.717) is 24.4 Å². The molecule has 2 aromatic carbocycles. The van der Waals surface area contributed by atoms with Crippen LogP contribution in [0.4, 0.5) is 11.4 Å². The first kappa shape index (κ1) is 17.3. The minimum Gasteiger partial charge on any atom is -0.497 e. The van der Waals surface area contributed by atoms with E-state index in [1.54, 1.807) is 35.2 Å². The minimum absolute atomic E-state index is 0.104. The van der Waals surface area contributed by atoms with E-state index >= 15 is 0 Å². The standard InChI is InChI=1S/C18H20N2O4S/c1-13-11-14(8-9-17(13)20-10-4-7-18(20)21)19-25(22,23)16-6-3-5-15(12-16)24-2/h3,5-6,8-9,11-12,19H,4,7,10H2,1-2H3. The fourth-order valence-electron chi connectivity index (χ4n) is 2.91. The molecule has 6 nitrogen and oxygen atoms in total. The number of carbonyl (C=O) groups is 1. The summed E-state index contributed by atoms with van der Waals surface area (Å²) >= 11 is 0. The SMILES string of the molecule is COc1cccc(S(=O)(=O)Nc2ccc(N3CCCC3=O)c(C)c2)c1. The predicted octanol–water partition coefficient (Wildman–Crippen LogP) is 2.93. The maximum absolute atomic E-state index is 12.5. The molecule has 2 aromatic rings. The Hall–Kier alpha value is -2.54.